The van der Waals surface area contributed by atoms with Crippen molar-refractivity contribution in [1.29, 1.82) is 0 Å². The summed E-state index contributed by atoms with van der Waals surface area (Å²) in [6.07, 6.45) is 0.137. The molecule has 0 unspecified atom stereocenters. The van der Waals surface area contributed by atoms with Gasteiger partial charge >= 0.3 is 0 Å². The Morgan fingerprint density at radius 3 is 2.17 bits per heavy atom. The number of aliphatic hydroxyl groups is 1. The van der Waals surface area contributed by atoms with Crippen molar-refractivity contribution in [3.8, 4) is 0 Å². The molecule has 0 spiro atoms. The first-order valence-electron chi connectivity index (χ1n) is 9.42. The average Bonchev–Trinajstić information content (AvgIpc) is 2.64. The molecule has 0 aromatic heterocycles. The van der Waals surface area contributed by atoms with E-state index in [2.05, 4.69) is 42.2 Å². The zero-order valence-corrected chi connectivity index (χ0v) is 20.0. The molecule has 0 bridgehead atoms. The first-order chi connectivity index (χ1) is 14.1. The number of anilines is 1. The van der Waals surface area contributed by atoms with Crippen LogP contribution in [0.1, 0.15) is 27.2 Å². The van der Waals surface area contributed by atoms with Gasteiger partial charge in [0.05, 0.1) is 17.0 Å². The second-order valence-electron chi connectivity index (χ2n) is 7.95. The standard InChI is InChI=1S/C23H22Br2N2O3/c1-13(26-16-8-4-14(24)5-9-16)19-18(28)12-23(2,3)20(21(19)29)22(30)27-17-10-6-15(25)7-11-17/h4-11,20,29H,12H2,1-3H3,(H,27,30)/t20-/m0/s1. The van der Waals surface area contributed by atoms with Crippen LogP contribution in [0, 0.1) is 11.3 Å². The molecule has 2 N–H and O–H groups in total. The number of aliphatic hydroxyl groups excluding tert-OH is 1. The molecule has 5 nitrogen and oxygen atoms in total. The van der Waals surface area contributed by atoms with Crippen LogP contribution in [0.25, 0.3) is 0 Å². The third-order valence-electron chi connectivity index (χ3n) is 5.07. The largest absolute Gasteiger partial charge is 0.511 e. The lowest BCUT2D eigenvalue weighted by Crippen LogP contribution is -2.43. The molecule has 30 heavy (non-hydrogen) atoms. The molecule has 0 radical (unpaired) electrons. The van der Waals surface area contributed by atoms with E-state index >= 15 is 0 Å². The monoisotopic (exact) mass is 532 g/mol. The maximum atomic E-state index is 13.1. The quantitative estimate of drug-likeness (QED) is 0.448. The number of hydrogen-bond acceptors (Lipinski definition) is 4. The molecule has 1 aliphatic carbocycles. The van der Waals surface area contributed by atoms with Gasteiger partial charge in [0.15, 0.2) is 5.78 Å². The first-order valence-corrected chi connectivity index (χ1v) is 11.0. The molecule has 3 rings (SSSR count). The number of carbonyl (C=O) groups excluding carboxylic acids is 2. The van der Waals surface area contributed by atoms with Crippen LogP contribution >= 0.6 is 31.9 Å². The average molecular weight is 534 g/mol. The van der Waals surface area contributed by atoms with Crippen molar-refractivity contribution in [2.24, 2.45) is 16.3 Å². The fraction of sp³-hybridized carbons (Fsp3) is 0.261. The smallest absolute Gasteiger partial charge is 0.235 e. The van der Waals surface area contributed by atoms with Crippen molar-refractivity contribution in [1.82, 2.24) is 0 Å². The van der Waals surface area contributed by atoms with Crippen LogP contribution in [-0.2, 0) is 9.59 Å². The second-order valence-corrected chi connectivity index (χ2v) is 9.78. The van der Waals surface area contributed by atoms with Crippen LogP contribution < -0.4 is 5.32 Å². The van der Waals surface area contributed by atoms with Gasteiger partial charge in [0, 0.05) is 21.1 Å². The Bertz CT molecular complexity index is 1040. The third-order valence-corrected chi connectivity index (χ3v) is 6.12. The number of aliphatic imine (C=N–C) groups is 1. The van der Waals surface area contributed by atoms with E-state index in [0.717, 1.165) is 8.95 Å². The summed E-state index contributed by atoms with van der Waals surface area (Å²) in [4.78, 5) is 30.4. The Hall–Kier alpha value is -2.25. The van der Waals surface area contributed by atoms with E-state index < -0.39 is 11.3 Å². The zero-order chi connectivity index (χ0) is 22.1. The maximum Gasteiger partial charge on any atom is 0.235 e. The number of Topliss-reactive ketones (excluding diaryl/α,β-unsaturated/α-hetero) is 1. The fourth-order valence-corrected chi connectivity index (χ4v) is 4.17. The number of hydrogen-bond donors (Lipinski definition) is 2. The molecule has 1 amide bonds. The molecule has 2 aromatic carbocycles. The van der Waals surface area contributed by atoms with E-state index in [9.17, 15) is 14.7 Å². The molecule has 1 atom stereocenters. The Morgan fingerprint density at radius 1 is 1.07 bits per heavy atom. The maximum absolute atomic E-state index is 13.1. The zero-order valence-electron chi connectivity index (χ0n) is 16.9. The van der Waals surface area contributed by atoms with Gasteiger partial charge in [0.25, 0.3) is 0 Å². The summed E-state index contributed by atoms with van der Waals surface area (Å²) in [6, 6.07) is 14.5. The SMILES string of the molecule is CC(=Nc1ccc(Br)cc1)C1=C(O)[C@@H](C(=O)Nc2ccc(Br)cc2)C(C)(C)CC1=O. The number of halogens is 2. The number of nitrogens with zero attached hydrogens (tertiary/aromatic N) is 1. The summed E-state index contributed by atoms with van der Waals surface area (Å²) in [7, 11) is 0. The molecular weight excluding hydrogens is 512 g/mol. The highest BCUT2D eigenvalue weighted by molar-refractivity contribution is 9.10. The molecule has 1 aliphatic rings. The van der Waals surface area contributed by atoms with Crippen LogP contribution in [0.5, 0.6) is 0 Å². The summed E-state index contributed by atoms with van der Waals surface area (Å²) >= 11 is 6.74. The van der Waals surface area contributed by atoms with Crippen LogP contribution in [0.3, 0.4) is 0 Å². The van der Waals surface area contributed by atoms with Crippen LogP contribution in [0.4, 0.5) is 11.4 Å². The van der Waals surface area contributed by atoms with Crippen LogP contribution in [0.15, 0.2) is 73.8 Å². The molecule has 2 aromatic rings. The summed E-state index contributed by atoms with van der Waals surface area (Å²) in [5, 5.41) is 13.9. The van der Waals surface area contributed by atoms with Gasteiger partial charge in [-0.15, -0.1) is 0 Å². The van der Waals surface area contributed by atoms with Gasteiger partial charge < -0.3 is 10.4 Å². The molecular formula is C23H22Br2N2O3. The predicted octanol–water partition coefficient (Wildman–Crippen LogP) is 6.37. The van der Waals surface area contributed by atoms with Crippen molar-refractivity contribution in [2.45, 2.75) is 27.2 Å². The number of allylic oxidation sites excluding steroid dienone is 1. The van der Waals surface area contributed by atoms with Gasteiger partial charge in [-0.1, -0.05) is 45.7 Å². The lowest BCUT2D eigenvalue weighted by atomic mass is 9.67. The Morgan fingerprint density at radius 2 is 1.60 bits per heavy atom. The number of rotatable bonds is 4. The topological polar surface area (TPSA) is 78.8 Å². The van der Waals surface area contributed by atoms with Gasteiger partial charge in [-0.2, -0.15) is 0 Å². The first kappa shape index (κ1) is 22.4. The number of carbonyl (C=O) groups is 2. The number of benzene rings is 2. The van der Waals surface area contributed by atoms with E-state index in [-0.39, 0.29) is 29.4 Å². The molecule has 7 heteroatoms. The third kappa shape index (κ3) is 4.90. The molecule has 0 heterocycles. The van der Waals surface area contributed by atoms with Crippen molar-refractivity contribution >= 4 is 60.6 Å². The minimum Gasteiger partial charge on any atom is -0.511 e. The highest BCUT2D eigenvalue weighted by Gasteiger charge is 2.46. The lowest BCUT2D eigenvalue weighted by Gasteiger charge is -2.37. The Balaban J connectivity index is 1.97. The summed E-state index contributed by atoms with van der Waals surface area (Å²) in [5.74, 6) is -1.68. The predicted molar refractivity (Wildman–Crippen MR) is 126 cm³/mol. The van der Waals surface area contributed by atoms with Gasteiger partial charge in [-0.3, -0.25) is 14.6 Å². The van der Waals surface area contributed by atoms with E-state index in [1.54, 1.807) is 31.2 Å². The highest BCUT2D eigenvalue weighted by Crippen LogP contribution is 2.42. The Labute approximate surface area is 192 Å². The number of amides is 1. The van der Waals surface area contributed by atoms with Crippen LogP contribution in [0.2, 0.25) is 0 Å². The summed E-state index contributed by atoms with van der Waals surface area (Å²) in [5.41, 5.74) is 1.04. The normalized spacial score (nSPS) is 19.0. The van der Waals surface area contributed by atoms with E-state index in [1.807, 2.05) is 38.1 Å². The van der Waals surface area contributed by atoms with E-state index in [0.29, 0.717) is 17.1 Å². The minimum absolute atomic E-state index is 0.119. The number of nitrogens with one attached hydrogen (secondary N) is 1. The molecule has 0 saturated heterocycles. The minimum atomic E-state index is -0.871. The van der Waals surface area contributed by atoms with Gasteiger partial charge in [-0.25, -0.2) is 0 Å². The van der Waals surface area contributed by atoms with Crippen molar-refractivity contribution < 1.29 is 14.7 Å². The molecule has 0 fully saturated rings. The van der Waals surface area contributed by atoms with Crippen molar-refractivity contribution in [3.63, 3.8) is 0 Å². The van der Waals surface area contributed by atoms with E-state index in [4.69, 9.17) is 0 Å². The molecule has 0 aliphatic heterocycles. The second kappa shape index (κ2) is 8.86. The van der Waals surface area contributed by atoms with Crippen molar-refractivity contribution in [3.05, 3.63) is 68.8 Å². The Kier molecular flexibility index (Phi) is 6.62. The lowest BCUT2D eigenvalue weighted by molar-refractivity contribution is -0.126. The molecule has 156 valence electrons. The van der Waals surface area contributed by atoms with Gasteiger partial charge in [0.1, 0.15) is 11.7 Å². The summed E-state index contributed by atoms with van der Waals surface area (Å²) < 4.78 is 1.82. The highest BCUT2D eigenvalue weighted by atomic mass is 79.9. The van der Waals surface area contributed by atoms with E-state index in [1.165, 1.54) is 0 Å². The summed E-state index contributed by atoms with van der Waals surface area (Å²) in [6.45, 7) is 5.29. The molecule has 0 saturated carbocycles. The fourth-order valence-electron chi connectivity index (χ4n) is 3.64. The van der Waals surface area contributed by atoms with Crippen molar-refractivity contribution in [2.75, 3.05) is 5.32 Å². The van der Waals surface area contributed by atoms with Crippen LogP contribution in [-0.4, -0.2) is 22.5 Å². The van der Waals surface area contributed by atoms with Gasteiger partial charge in [0.2, 0.25) is 5.91 Å². The van der Waals surface area contributed by atoms with Gasteiger partial charge in [-0.05, 0) is 60.9 Å². The number of ketones is 1.